The largest absolute Gasteiger partial charge is 0.325 e. The van der Waals surface area contributed by atoms with Crippen LogP contribution in [-0.4, -0.2) is 16.8 Å². The van der Waals surface area contributed by atoms with E-state index in [0.29, 0.717) is 22.0 Å². The predicted molar refractivity (Wildman–Crippen MR) is 92.0 cm³/mol. The molecule has 1 aliphatic heterocycles. The van der Waals surface area contributed by atoms with Gasteiger partial charge in [-0.3, -0.25) is 9.69 Å². The van der Waals surface area contributed by atoms with Gasteiger partial charge in [0.2, 0.25) is 0 Å². The van der Waals surface area contributed by atoms with E-state index in [1.807, 2.05) is 24.3 Å². The number of amides is 3. The van der Waals surface area contributed by atoms with Crippen molar-refractivity contribution in [3.8, 4) is 0 Å². The number of nitrogens with zero attached hydrogens (tertiary/aromatic N) is 1. The van der Waals surface area contributed by atoms with Gasteiger partial charge in [-0.25, -0.2) is 4.79 Å². The van der Waals surface area contributed by atoms with E-state index in [4.69, 9.17) is 23.2 Å². The lowest BCUT2D eigenvalue weighted by atomic mass is 9.92. The van der Waals surface area contributed by atoms with E-state index in [1.54, 1.807) is 18.2 Å². The molecule has 2 aromatic rings. The highest BCUT2D eigenvalue weighted by atomic mass is 35.5. The minimum absolute atomic E-state index is 0.0626. The number of imide groups is 1. The number of hydrogen-bond donors (Lipinski definition) is 1. The first-order chi connectivity index (χ1) is 11.5. The summed E-state index contributed by atoms with van der Waals surface area (Å²) in [6, 6.07) is 12.5. The number of benzene rings is 2. The van der Waals surface area contributed by atoms with Gasteiger partial charge in [0.25, 0.3) is 5.91 Å². The van der Waals surface area contributed by atoms with Crippen LogP contribution in [-0.2, 0) is 23.3 Å². The zero-order chi connectivity index (χ0) is 16.9. The molecule has 2 aromatic carbocycles. The van der Waals surface area contributed by atoms with Gasteiger partial charge in [-0.15, -0.1) is 0 Å². The molecule has 0 unspecified atom stereocenters. The molecule has 1 saturated heterocycles. The van der Waals surface area contributed by atoms with Gasteiger partial charge < -0.3 is 5.32 Å². The van der Waals surface area contributed by atoms with Gasteiger partial charge in [0.1, 0.15) is 5.54 Å². The number of rotatable bonds is 2. The van der Waals surface area contributed by atoms with Crippen molar-refractivity contribution in [1.82, 2.24) is 10.2 Å². The second-order valence-electron chi connectivity index (χ2n) is 6.08. The second-order valence-corrected chi connectivity index (χ2v) is 6.90. The third-order valence-electron chi connectivity index (χ3n) is 4.80. The normalized spacial score (nSPS) is 22.2. The van der Waals surface area contributed by atoms with E-state index in [2.05, 4.69) is 5.32 Å². The van der Waals surface area contributed by atoms with Gasteiger partial charge in [-0.2, -0.15) is 0 Å². The summed E-state index contributed by atoms with van der Waals surface area (Å²) in [5, 5.41) is 3.78. The lowest BCUT2D eigenvalue weighted by molar-refractivity contribution is -0.132. The number of hydrogen-bond acceptors (Lipinski definition) is 2. The summed E-state index contributed by atoms with van der Waals surface area (Å²) >= 11 is 12.4. The Balaban J connectivity index is 1.71. The molecule has 1 N–H and O–H groups in total. The third kappa shape index (κ3) is 2.14. The quantitative estimate of drug-likeness (QED) is 0.826. The van der Waals surface area contributed by atoms with Gasteiger partial charge in [0, 0.05) is 15.6 Å². The molecule has 24 heavy (non-hydrogen) atoms. The van der Waals surface area contributed by atoms with Crippen LogP contribution in [0.3, 0.4) is 0 Å². The Kier molecular flexibility index (Phi) is 3.55. The van der Waals surface area contributed by atoms with Crippen LogP contribution in [0.2, 0.25) is 10.0 Å². The Bertz CT molecular complexity index is 848. The Morgan fingerprint density at radius 2 is 1.75 bits per heavy atom. The number of fused-ring (bicyclic) bond motifs is 2. The molecule has 4 rings (SSSR count). The molecule has 4 nitrogen and oxygen atoms in total. The maximum atomic E-state index is 13.1. The van der Waals surface area contributed by atoms with E-state index in [1.165, 1.54) is 4.90 Å². The molecule has 3 amide bonds. The fourth-order valence-electron chi connectivity index (χ4n) is 3.57. The number of carbonyl (C=O) groups is 2. The zero-order valence-electron chi connectivity index (χ0n) is 12.7. The molecule has 122 valence electrons. The molecule has 1 spiro atoms. The Labute approximate surface area is 149 Å². The Hall–Kier alpha value is -2.04. The van der Waals surface area contributed by atoms with Crippen LogP contribution in [0.4, 0.5) is 4.79 Å². The van der Waals surface area contributed by atoms with Crippen LogP contribution in [0, 0.1) is 0 Å². The predicted octanol–water partition coefficient (Wildman–Crippen LogP) is 3.89. The van der Waals surface area contributed by atoms with E-state index < -0.39 is 11.6 Å². The molecule has 0 radical (unpaired) electrons. The number of nitrogens with one attached hydrogen (secondary N) is 1. The molecule has 1 heterocycles. The first kappa shape index (κ1) is 15.5. The molecule has 0 aromatic heterocycles. The molecule has 1 atom stereocenters. The van der Waals surface area contributed by atoms with Crippen molar-refractivity contribution >= 4 is 35.1 Å². The van der Waals surface area contributed by atoms with Crippen LogP contribution in [0.1, 0.15) is 23.1 Å². The average molecular weight is 361 g/mol. The highest BCUT2D eigenvalue weighted by Crippen LogP contribution is 2.42. The molecular weight excluding hydrogens is 347 g/mol. The Morgan fingerprint density at radius 1 is 1.04 bits per heavy atom. The van der Waals surface area contributed by atoms with Crippen molar-refractivity contribution in [3.63, 3.8) is 0 Å². The van der Waals surface area contributed by atoms with Gasteiger partial charge in [0.15, 0.2) is 0 Å². The summed E-state index contributed by atoms with van der Waals surface area (Å²) in [5.41, 5.74) is 1.61. The van der Waals surface area contributed by atoms with E-state index >= 15 is 0 Å². The van der Waals surface area contributed by atoms with Crippen molar-refractivity contribution in [1.29, 1.82) is 0 Å². The van der Waals surface area contributed by atoms with Crippen molar-refractivity contribution in [3.05, 3.63) is 69.2 Å². The molecule has 2 aliphatic rings. The lowest BCUT2D eigenvalue weighted by Gasteiger charge is -2.22. The third-order valence-corrected chi connectivity index (χ3v) is 5.51. The summed E-state index contributed by atoms with van der Waals surface area (Å²) in [5.74, 6) is -0.242. The monoisotopic (exact) mass is 360 g/mol. The zero-order valence-corrected chi connectivity index (χ0v) is 14.2. The summed E-state index contributed by atoms with van der Waals surface area (Å²) < 4.78 is 0. The van der Waals surface area contributed by atoms with Crippen LogP contribution in [0.15, 0.2) is 42.5 Å². The van der Waals surface area contributed by atoms with Crippen molar-refractivity contribution in [2.45, 2.75) is 24.9 Å². The molecule has 0 bridgehead atoms. The number of halogens is 2. The van der Waals surface area contributed by atoms with E-state index in [0.717, 1.165) is 17.5 Å². The van der Waals surface area contributed by atoms with Gasteiger partial charge in [0.05, 0.1) is 6.54 Å². The first-order valence-corrected chi connectivity index (χ1v) is 8.44. The molecule has 1 fully saturated rings. The minimum atomic E-state index is -0.957. The molecule has 1 aliphatic carbocycles. The van der Waals surface area contributed by atoms with Crippen LogP contribution in [0.25, 0.3) is 0 Å². The maximum Gasteiger partial charge on any atom is 0.325 e. The summed E-state index contributed by atoms with van der Waals surface area (Å²) in [4.78, 5) is 26.8. The maximum absolute atomic E-state index is 13.1. The highest BCUT2D eigenvalue weighted by molar-refractivity contribution is 6.36. The highest BCUT2D eigenvalue weighted by Gasteiger charge is 2.55. The minimum Gasteiger partial charge on any atom is -0.319 e. The van der Waals surface area contributed by atoms with Gasteiger partial charge >= 0.3 is 6.03 Å². The standard InChI is InChI=1S/C18H14Cl2N2O2/c19-14-6-3-7-15(20)12(14)10-22-16(23)18(21-17(22)24)9-8-11-4-1-2-5-13(11)18/h1-7H,8-10H2,(H,21,24)/t18-/m0/s1. The number of urea groups is 1. The summed E-state index contributed by atoms with van der Waals surface area (Å²) in [6.45, 7) is 0.0626. The number of carbonyl (C=O) groups excluding carboxylic acids is 2. The molecular formula is C18H14Cl2N2O2. The smallest absolute Gasteiger partial charge is 0.319 e. The SMILES string of the molecule is O=C1N[C@]2(CCc3ccccc32)C(=O)N1Cc1c(Cl)cccc1Cl. The van der Waals surface area contributed by atoms with Crippen molar-refractivity contribution in [2.24, 2.45) is 0 Å². The van der Waals surface area contributed by atoms with Crippen LogP contribution >= 0.6 is 23.2 Å². The average Bonchev–Trinajstić information content (AvgIpc) is 3.04. The summed E-state index contributed by atoms with van der Waals surface area (Å²) in [6.07, 6.45) is 1.34. The second kappa shape index (κ2) is 5.50. The van der Waals surface area contributed by atoms with Crippen LogP contribution < -0.4 is 5.32 Å². The van der Waals surface area contributed by atoms with Gasteiger partial charge in [-0.1, -0.05) is 53.5 Å². The molecule has 0 saturated carbocycles. The first-order valence-electron chi connectivity index (χ1n) is 7.68. The fraction of sp³-hybridized carbons (Fsp3) is 0.222. The van der Waals surface area contributed by atoms with Gasteiger partial charge in [-0.05, 0) is 36.1 Å². The lowest BCUT2D eigenvalue weighted by Crippen LogP contribution is -2.41. The van der Waals surface area contributed by atoms with Crippen molar-refractivity contribution in [2.75, 3.05) is 0 Å². The summed E-state index contributed by atoms with van der Waals surface area (Å²) in [7, 11) is 0. The number of aryl methyl sites for hydroxylation is 1. The van der Waals surface area contributed by atoms with Crippen molar-refractivity contribution < 1.29 is 9.59 Å². The van der Waals surface area contributed by atoms with E-state index in [9.17, 15) is 9.59 Å². The van der Waals surface area contributed by atoms with E-state index in [-0.39, 0.29) is 12.5 Å². The topological polar surface area (TPSA) is 49.4 Å². The van der Waals surface area contributed by atoms with Crippen LogP contribution in [0.5, 0.6) is 0 Å². The fourth-order valence-corrected chi connectivity index (χ4v) is 4.09. The molecule has 6 heteroatoms. The Morgan fingerprint density at radius 3 is 2.50 bits per heavy atom.